The van der Waals surface area contributed by atoms with Gasteiger partial charge >= 0.3 is 0 Å². The van der Waals surface area contributed by atoms with Gasteiger partial charge in [-0.2, -0.15) is 0 Å². The van der Waals surface area contributed by atoms with Crippen LogP contribution in [0.15, 0.2) is 101 Å². The van der Waals surface area contributed by atoms with E-state index in [9.17, 15) is 14.7 Å². The van der Waals surface area contributed by atoms with Gasteiger partial charge in [0.2, 0.25) is 0 Å². The van der Waals surface area contributed by atoms with Gasteiger partial charge in [-0.15, -0.1) is 10.2 Å². The fraction of sp³-hybridized carbons (Fsp3) is 0.243. The van der Waals surface area contributed by atoms with E-state index in [0.29, 0.717) is 16.9 Å². The van der Waals surface area contributed by atoms with Crippen LogP contribution >= 0.6 is 23.1 Å². The molecule has 3 heterocycles. The van der Waals surface area contributed by atoms with Crippen molar-refractivity contribution in [2.75, 3.05) is 5.75 Å². The van der Waals surface area contributed by atoms with E-state index in [4.69, 9.17) is 9.47 Å². The van der Waals surface area contributed by atoms with Gasteiger partial charge < -0.3 is 14.6 Å². The smallest absolute Gasteiger partial charge is 0.261 e. The minimum Gasteiger partial charge on any atom is -0.392 e. The molecule has 2 aliphatic rings. The first-order valence-corrected chi connectivity index (χ1v) is 17.3. The Labute approximate surface area is 281 Å². The molecule has 0 radical (unpaired) electrons. The average Bonchev–Trinajstić information content (AvgIpc) is 3.64. The standard InChI is InChI=1S/C37H33N3O5S2/c1-22-32(21-46-37-39-38-23(2)47-37)44-36(45-33(22)26-15-13-24(20-41)14-16-26)29-10-6-9-28(18-29)27-8-5-7-25(17-27)19-40-34(42)30-11-3-4-12-31(30)35(40)43/h3-18,22,32-33,36,41H,19-21H2,1-2H3/t22-,32+,33+,36+/m1/s1. The number of nitrogens with zero attached hydrogens (tertiary/aromatic N) is 3. The number of carbonyl (C=O) groups is 2. The molecule has 238 valence electrons. The van der Waals surface area contributed by atoms with Crippen LogP contribution in [0.3, 0.4) is 0 Å². The zero-order valence-electron chi connectivity index (χ0n) is 25.9. The van der Waals surface area contributed by atoms with Crippen LogP contribution in [0.5, 0.6) is 0 Å². The van der Waals surface area contributed by atoms with Crippen LogP contribution in [0.1, 0.15) is 67.3 Å². The van der Waals surface area contributed by atoms with E-state index < -0.39 is 6.29 Å². The summed E-state index contributed by atoms with van der Waals surface area (Å²) in [5.41, 5.74) is 6.44. The monoisotopic (exact) mass is 663 g/mol. The SMILES string of the molecule is Cc1nnc(SC[C@@H]2O[C@H](c3cccc(-c4cccc(CN5C(=O)c6ccccc6C5=O)c4)c3)O[C@H](c3ccc(CO)cc3)[C@@H]2C)s1. The summed E-state index contributed by atoms with van der Waals surface area (Å²) in [5.74, 6) is 0.205. The van der Waals surface area contributed by atoms with Crippen molar-refractivity contribution in [2.24, 2.45) is 5.92 Å². The van der Waals surface area contributed by atoms with Crippen molar-refractivity contribution in [1.29, 1.82) is 0 Å². The van der Waals surface area contributed by atoms with Crippen molar-refractivity contribution in [1.82, 2.24) is 15.1 Å². The van der Waals surface area contributed by atoms with Crippen molar-refractivity contribution in [2.45, 2.75) is 49.8 Å². The molecule has 0 saturated carbocycles. The second-order valence-corrected chi connectivity index (χ2v) is 14.2. The maximum absolute atomic E-state index is 13.0. The maximum Gasteiger partial charge on any atom is 0.261 e. The lowest BCUT2D eigenvalue weighted by molar-refractivity contribution is -0.268. The van der Waals surface area contributed by atoms with Crippen LogP contribution in [0.25, 0.3) is 11.1 Å². The lowest BCUT2D eigenvalue weighted by Gasteiger charge is -2.41. The third-order valence-corrected chi connectivity index (χ3v) is 10.7. The highest BCUT2D eigenvalue weighted by Crippen LogP contribution is 2.43. The Balaban J connectivity index is 1.14. The lowest BCUT2D eigenvalue weighted by Crippen LogP contribution is -2.38. The average molecular weight is 664 g/mol. The first-order chi connectivity index (χ1) is 22.9. The Hall–Kier alpha value is -4.19. The van der Waals surface area contributed by atoms with Gasteiger partial charge in [-0.3, -0.25) is 14.5 Å². The maximum atomic E-state index is 13.0. The highest BCUT2D eigenvalue weighted by atomic mass is 32.2. The number of imide groups is 1. The first kappa shape index (κ1) is 31.4. The van der Waals surface area contributed by atoms with Crippen molar-refractivity contribution in [3.63, 3.8) is 0 Å². The van der Waals surface area contributed by atoms with Crippen molar-refractivity contribution in [3.05, 3.63) is 135 Å². The quantitative estimate of drug-likeness (QED) is 0.129. The number of aliphatic hydroxyl groups is 1. The van der Waals surface area contributed by atoms with Gasteiger partial charge in [0.1, 0.15) is 5.01 Å². The fourth-order valence-electron chi connectivity index (χ4n) is 6.08. The van der Waals surface area contributed by atoms with Gasteiger partial charge in [0.15, 0.2) is 10.6 Å². The summed E-state index contributed by atoms with van der Waals surface area (Å²) < 4.78 is 14.3. The van der Waals surface area contributed by atoms with Gasteiger partial charge in [0, 0.05) is 17.2 Å². The van der Waals surface area contributed by atoms with Gasteiger partial charge in [0.25, 0.3) is 11.8 Å². The predicted molar refractivity (Wildman–Crippen MR) is 181 cm³/mol. The zero-order chi connectivity index (χ0) is 32.5. The summed E-state index contributed by atoms with van der Waals surface area (Å²) in [6, 6.07) is 30.9. The summed E-state index contributed by atoms with van der Waals surface area (Å²) in [4.78, 5) is 27.3. The van der Waals surface area contributed by atoms with Gasteiger partial charge in [0.05, 0.1) is 36.5 Å². The Bertz CT molecular complexity index is 1890. The van der Waals surface area contributed by atoms with E-state index in [1.807, 2.05) is 73.7 Å². The number of carbonyl (C=O) groups excluding carboxylic acids is 2. The molecule has 2 aliphatic heterocycles. The van der Waals surface area contributed by atoms with E-state index in [1.54, 1.807) is 47.4 Å². The number of benzene rings is 4. The Morgan fingerprint density at radius 2 is 1.51 bits per heavy atom. The second kappa shape index (κ2) is 13.5. The predicted octanol–water partition coefficient (Wildman–Crippen LogP) is 7.39. The van der Waals surface area contributed by atoms with E-state index in [0.717, 1.165) is 42.7 Å². The third-order valence-electron chi connectivity index (χ3n) is 8.64. The Morgan fingerprint density at radius 1 is 0.809 bits per heavy atom. The van der Waals surface area contributed by atoms with Crippen LogP contribution in [0.4, 0.5) is 0 Å². The van der Waals surface area contributed by atoms with Crippen LogP contribution in [0.2, 0.25) is 0 Å². The Kier molecular flexibility index (Phi) is 9.02. The summed E-state index contributed by atoms with van der Waals surface area (Å²) in [7, 11) is 0. The second-order valence-electron chi connectivity index (χ2n) is 11.8. The number of thioether (sulfide) groups is 1. The number of aromatic nitrogens is 2. The highest BCUT2D eigenvalue weighted by molar-refractivity contribution is 8.01. The molecule has 0 aliphatic carbocycles. The molecule has 5 aromatic rings. The minimum atomic E-state index is -0.614. The molecule has 1 saturated heterocycles. The molecule has 0 unspecified atom stereocenters. The van der Waals surface area contributed by atoms with Crippen LogP contribution in [-0.4, -0.2) is 43.9 Å². The number of hydrogen-bond donors (Lipinski definition) is 1. The van der Waals surface area contributed by atoms with E-state index >= 15 is 0 Å². The minimum absolute atomic E-state index is 0.0140. The molecule has 1 aromatic heterocycles. The van der Waals surface area contributed by atoms with Gasteiger partial charge in [-0.05, 0) is 59.0 Å². The molecule has 4 aromatic carbocycles. The largest absolute Gasteiger partial charge is 0.392 e. The first-order valence-electron chi connectivity index (χ1n) is 15.5. The number of fused-ring (bicyclic) bond motifs is 1. The fourth-order valence-corrected chi connectivity index (χ4v) is 8.08. The Morgan fingerprint density at radius 3 is 2.19 bits per heavy atom. The normalized spacial score (nSPS) is 20.9. The molecule has 7 rings (SSSR count). The van der Waals surface area contributed by atoms with Gasteiger partial charge in [-0.1, -0.05) is 103 Å². The molecule has 10 heteroatoms. The van der Waals surface area contributed by atoms with Crippen molar-refractivity contribution >= 4 is 34.9 Å². The number of ether oxygens (including phenoxy) is 2. The molecule has 8 nitrogen and oxygen atoms in total. The molecular weight excluding hydrogens is 631 g/mol. The molecule has 0 bridgehead atoms. The zero-order valence-corrected chi connectivity index (χ0v) is 27.5. The molecular formula is C37H33N3O5S2. The molecule has 1 fully saturated rings. The van der Waals surface area contributed by atoms with Gasteiger partial charge in [-0.25, -0.2) is 0 Å². The van der Waals surface area contributed by atoms with E-state index in [2.05, 4.69) is 23.2 Å². The molecule has 47 heavy (non-hydrogen) atoms. The number of amides is 2. The van der Waals surface area contributed by atoms with Crippen LogP contribution < -0.4 is 0 Å². The molecule has 1 N–H and O–H groups in total. The van der Waals surface area contributed by atoms with Crippen molar-refractivity contribution in [3.8, 4) is 11.1 Å². The molecule has 0 spiro atoms. The highest BCUT2D eigenvalue weighted by Gasteiger charge is 2.39. The lowest BCUT2D eigenvalue weighted by atomic mass is 9.91. The number of hydrogen-bond acceptors (Lipinski definition) is 9. The van der Waals surface area contributed by atoms with Crippen LogP contribution in [-0.2, 0) is 22.6 Å². The van der Waals surface area contributed by atoms with E-state index in [1.165, 1.54) is 4.90 Å². The number of aryl methyl sites for hydroxylation is 1. The molecule has 2 amide bonds. The number of rotatable bonds is 9. The van der Waals surface area contributed by atoms with Crippen LogP contribution in [0, 0.1) is 12.8 Å². The number of aliphatic hydroxyl groups excluding tert-OH is 1. The summed E-state index contributed by atoms with van der Waals surface area (Å²) in [6.45, 7) is 4.27. The topological polar surface area (TPSA) is 102 Å². The third kappa shape index (κ3) is 6.52. The summed E-state index contributed by atoms with van der Waals surface area (Å²) in [6.07, 6.45) is -0.969. The summed E-state index contributed by atoms with van der Waals surface area (Å²) in [5, 5.41) is 18.9. The van der Waals surface area contributed by atoms with Crippen molar-refractivity contribution < 1.29 is 24.2 Å². The van der Waals surface area contributed by atoms with E-state index in [-0.39, 0.29) is 43.1 Å². The summed E-state index contributed by atoms with van der Waals surface area (Å²) >= 11 is 3.22. The molecule has 4 atom stereocenters.